The molecule has 84 valence electrons. The maximum absolute atomic E-state index is 11.3. The van der Waals surface area contributed by atoms with Gasteiger partial charge in [0.1, 0.15) is 0 Å². The molecule has 0 atom stereocenters. The summed E-state index contributed by atoms with van der Waals surface area (Å²) in [5.74, 6) is 0. The third-order valence-corrected chi connectivity index (χ3v) is 1.64. The van der Waals surface area contributed by atoms with Gasteiger partial charge in [0.05, 0.1) is 0 Å². The minimum atomic E-state index is -0.577. The van der Waals surface area contributed by atoms with E-state index < -0.39 is 12.1 Å². The van der Waals surface area contributed by atoms with Crippen molar-refractivity contribution < 1.29 is 9.59 Å². The Morgan fingerprint density at radius 3 is 2.44 bits per heavy atom. The Morgan fingerprint density at radius 2 is 1.81 bits per heavy atom. The molecular weight excluding hydrogens is 206 g/mol. The smallest absolute Gasteiger partial charge is 0.315 e. The molecule has 0 radical (unpaired) electrons. The van der Waals surface area contributed by atoms with Crippen molar-refractivity contribution in [2.75, 3.05) is 5.32 Å². The highest BCUT2D eigenvalue weighted by atomic mass is 16.2. The monoisotopic (exact) mass is 219 g/mol. The van der Waals surface area contributed by atoms with Crippen molar-refractivity contribution in [1.29, 1.82) is 0 Å². The molecule has 0 aliphatic carbocycles. The van der Waals surface area contributed by atoms with Crippen molar-refractivity contribution in [3.8, 4) is 0 Å². The molecular formula is C11H13N3O2. The van der Waals surface area contributed by atoms with Crippen LogP contribution in [0.3, 0.4) is 0 Å². The van der Waals surface area contributed by atoms with Crippen molar-refractivity contribution in [3.05, 3.63) is 42.6 Å². The third-order valence-electron chi connectivity index (χ3n) is 1.64. The van der Waals surface area contributed by atoms with E-state index in [1.54, 1.807) is 37.3 Å². The van der Waals surface area contributed by atoms with Crippen LogP contribution in [0.1, 0.15) is 6.92 Å². The predicted octanol–water partition coefficient (Wildman–Crippen LogP) is 2.05. The lowest BCUT2D eigenvalue weighted by atomic mass is 10.3. The highest BCUT2D eigenvalue weighted by Crippen LogP contribution is 2.03. The number of carbonyl (C=O) groups excluding carboxylic acids is 2. The van der Waals surface area contributed by atoms with Crippen LogP contribution in [0.4, 0.5) is 15.3 Å². The SMILES string of the molecule is CC=CNC(=O)NC(=O)Nc1ccccc1. The maximum Gasteiger partial charge on any atom is 0.327 e. The Labute approximate surface area is 93.5 Å². The fraction of sp³-hybridized carbons (Fsp3) is 0.0909. The number of nitrogens with one attached hydrogen (secondary N) is 3. The summed E-state index contributed by atoms with van der Waals surface area (Å²) in [6.45, 7) is 1.75. The molecule has 1 aromatic rings. The molecule has 0 aliphatic heterocycles. The third kappa shape index (κ3) is 4.28. The van der Waals surface area contributed by atoms with Gasteiger partial charge in [-0.25, -0.2) is 9.59 Å². The number of rotatable bonds is 2. The minimum absolute atomic E-state index is 0.576. The highest BCUT2D eigenvalue weighted by molar-refractivity contribution is 6.00. The molecule has 0 aromatic heterocycles. The van der Waals surface area contributed by atoms with Gasteiger partial charge < -0.3 is 10.6 Å². The number of amides is 4. The van der Waals surface area contributed by atoms with E-state index in [9.17, 15) is 9.59 Å². The second-order valence-corrected chi connectivity index (χ2v) is 2.92. The van der Waals surface area contributed by atoms with Gasteiger partial charge in [0.25, 0.3) is 0 Å². The maximum atomic E-state index is 11.3. The first-order valence-electron chi connectivity index (χ1n) is 4.77. The Balaban J connectivity index is 2.39. The molecule has 5 heteroatoms. The highest BCUT2D eigenvalue weighted by Gasteiger charge is 2.04. The minimum Gasteiger partial charge on any atom is -0.315 e. The van der Waals surface area contributed by atoms with Crippen LogP contribution >= 0.6 is 0 Å². The van der Waals surface area contributed by atoms with E-state index in [1.807, 2.05) is 6.07 Å². The number of anilines is 1. The summed E-state index contributed by atoms with van der Waals surface area (Å²) >= 11 is 0. The summed E-state index contributed by atoms with van der Waals surface area (Å²) < 4.78 is 0. The van der Waals surface area contributed by atoms with E-state index >= 15 is 0 Å². The summed E-state index contributed by atoms with van der Waals surface area (Å²) in [6.07, 6.45) is 3.08. The first kappa shape index (κ1) is 11.8. The normalized spacial score (nSPS) is 9.81. The summed E-state index contributed by atoms with van der Waals surface area (Å²) in [5, 5.41) is 6.98. The van der Waals surface area contributed by atoms with Gasteiger partial charge in [-0.15, -0.1) is 0 Å². The van der Waals surface area contributed by atoms with Crippen LogP contribution in [0.5, 0.6) is 0 Å². The van der Waals surface area contributed by atoms with Crippen LogP contribution < -0.4 is 16.0 Å². The van der Waals surface area contributed by atoms with Crippen LogP contribution in [0, 0.1) is 0 Å². The summed E-state index contributed by atoms with van der Waals surface area (Å²) in [4.78, 5) is 22.3. The van der Waals surface area contributed by atoms with Gasteiger partial charge in [0.15, 0.2) is 0 Å². The Bertz CT molecular complexity index is 387. The molecule has 1 aromatic carbocycles. The topological polar surface area (TPSA) is 70.2 Å². The largest absolute Gasteiger partial charge is 0.327 e. The number of para-hydroxylation sites is 1. The van der Waals surface area contributed by atoms with E-state index in [-0.39, 0.29) is 0 Å². The number of urea groups is 2. The standard InChI is InChI=1S/C11H13N3O2/c1-2-8-12-10(15)14-11(16)13-9-6-4-3-5-7-9/h2-8H,1H3,(H3,12,13,14,15,16). The van der Waals surface area contributed by atoms with Gasteiger partial charge in [0, 0.05) is 11.9 Å². The molecule has 0 fully saturated rings. The van der Waals surface area contributed by atoms with Gasteiger partial charge in [-0.2, -0.15) is 0 Å². The number of hydrogen-bond acceptors (Lipinski definition) is 2. The molecule has 0 saturated heterocycles. The quantitative estimate of drug-likeness (QED) is 0.712. The molecule has 1 rings (SSSR count). The fourth-order valence-corrected chi connectivity index (χ4v) is 0.982. The van der Waals surface area contributed by atoms with Crippen LogP contribution in [0.25, 0.3) is 0 Å². The van der Waals surface area contributed by atoms with Crippen molar-refractivity contribution >= 4 is 17.7 Å². The van der Waals surface area contributed by atoms with Crippen LogP contribution in [-0.2, 0) is 0 Å². The molecule has 0 aliphatic rings. The lowest BCUT2D eigenvalue weighted by molar-refractivity contribution is 0.235. The van der Waals surface area contributed by atoms with Crippen molar-refractivity contribution in [1.82, 2.24) is 10.6 Å². The van der Waals surface area contributed by atoms with Crippen LogP contribution in [-0.4, -0.2) is 12.1 Å². The van der Waals surface area contributed by atoms with E-state index in [0.717, 1.165) is 0 Å². The lowest BCUT2D eigenvalue weighted by Gasteiger charge is -2.05. The van der Waals surface area contributed by atoms with Gasteiger partial charge in [-0.3, -0.25) is 5.32 Å². The first-order valence-corrected chi connectivity index (χ1v) is 4.77. The Hall–Kier alpha value is -2.30. The van der Waals surface area contributed by atoms with Crippen molar-refractivity contribution in [3.63, 3.8) is 0 Å². The van der Waals surface area contributed by atoms with Gasteiger partial charge in [-0.05, 0) is 19.1 Å². The van der Waals surface area contributed by atoms with Crippen molar-refractivity contribution in [2.45, 2.75) is 6.92 Å². The zero-order valence-corrected chi connectivity index (χ0v) is 8.86. The lowest BCUT2D eigenvalue weighted by Crippen LogP contribution is -2.39. The molecule has 0 bridgehead atoms. The predicted molar refractivity (Wildman–Crippen MR) is 61.9 cm³/mol. The average Bonchev–Trinajstić information content (AvgIpc) is 2.27. The summed E-state index contributed by atoms with van der Waals surface area (Å²) in [5.41, 5.74) is 0.624. The summed E-state index contributed by atoms with van der Waals surface area (Å²) in [6, 6.07) is 7.71. The van der Waals surface area contributed by atoms with Gasteiger partial charge in [0.2, 0.25) is 0 Å². The molecule has 5 nitrogen and oxygen atoms in total. The molecule has 0 saturated carbocycles. The average molecular weight is 219 g/mol. The van der Waals surface area contributed by atoms with E-state index in [1.165, 1.54) is 6.20 Å². The fourth-order valence-electron chi connectivity index (χ4n) is 0.982. The second kappa shape index (κ2) is 6.23. The molecule has 0 spiro atoms. The van der Waals surface area contributed by atoms with Crippen LogP contribution in [0.2, 0.25) is 0 Å². The van der Waals surface area contributed by atoms with E-state index in [0.29, 0.717) is 5.69 Å². The van der Waals surface area contributed by atoms with Crippen molar-refractivity contribution in [2.24, 2.45) is 0 Å². The number of imide groups is 1. The Morgan fingerprint density at radius 1 is 1.12 bits per heavy atom. The second-order valence-electron chi connectivity index (χ2n) is 2.92. The van der Waals surface area contributed by atoms with E-state index in [4.69, 9.17) is 0 Å². The number of allylic oxidation sites excluding steroid dienone is 1. The Kier molecular flexibility index (Phi) is 4.59. The first-order chi connectivity index (χ1) is 7.72. The molecule has 0 unspecified atom stereocenters. The summed E-state index contributed by atoms with van der Waals surface area (Å²) in [7, 11) is 0. The number of benzene rings is 1. The zero-order chi connectivity index (χ0) is 11.8. The number of carbonyl (C=O) groups is 2. The molecule has 3 N–H and O–H groups in total. The van der Waals surface area contributed by atoms with E-state index in [2.05, 4.69) is 16.0 Å². The molecule has 4 amide bonds. The molecule has 0 heterocycles. The van der Waals surface area contributed by atoms with Crippen LogP contribution in [0.15, 0.2) is 42.6 Å². The van der Waals surface area contributed by atoms with Gasteiger partial charge >= 0.3 is 12.1 Å². The zero-order valence-electron chi connectivity index (χ0n) is 8.86. The number of hydrogen-bond donors (Lipinski definition) is 3. The molecule has 16 heavy (non-hydrogen) atoms. The van der Waals surface area contributed by atoms with Gasteiger partial charge in [-0.1, -0.05) is 24.3 Å².